The molecule has 0 aliphatic carbocycles. The Bertz CT molecular complexity index is 1200. The molecular weight excluding hydrogens is 488 g/mol. The van der Waals surface area contributed by atoms with Gasteiger partial charge in [0.25, 0.3) is 0 Å². The number of amides is 1. The molecule has 0 atom stereocenters. The Hall–Kier alpha value is -3.05. The molecule has 2 aromatic heterocycles. The monoisotopic (exact) mass is 518 g/mol. The summed E-state index contributed by atoms with van der Waals surface area (Å²) in [7, 11) is 3.20. The molecule has 35 heavy (non-hydrogen) atoms. The molecule has 0 spiro atoms. The fraction of sp³-hybridized carbons (Fsp3) is 0.417. The van der Waals surface area contributed by atoms with Gasteiger partial charge in [0.1, 0.15) is 10.8 Å². The number of esters is 1. The van der Waals surface area contributed by atoms with Crippen molar-refractivity contribution < 1.29 is 23.8 Å². The maximum absolute atomic E-state index is 12.7. The van der Waals surface area contributed by atoms with Crippen LogP contribution in [0.5, 0.6) is 11.5 Å². The highest BCUT2D eigenvalue weighted by Gasteiger charge is 2.22. The first-order valence-corrected chi connectivity index (χ1v) is 13.0. The number of nitrogens with zero attached hydrogens (tertiary/aromatic N) is 3. The van der Waals surface area contributed by atoms with Crippen molar-refractivity contribution in [3.8, 4) is 11.5 Å². The van der Waals surface area contributed by atoms with Gasteiger partial charge in [-0.2, -0.15) is 0 Å². The van der Waals surface area contributed by atoms with Gasteiger partial charge in [0.05, 0.1) is 32.1 Å². The molecule has 188 valence electrons. The summed E-state index contributed by atoms with van der Waals surface area (Å²) in [5.74, 6) is 1.58. The molecule has 0 saturated heterocycles. The fourth-order valence-corrected chi connectivity index (χ4v) is 5.39. The smallest absolute Gasteiger partial charge is 0.341 e. The van der Waals surface area contributed by atoms with Crippen LogP contribution >= 0.6 is 23.1 Å². The molecule has 11 heteroatoms. The number of thiophene rings is 1. The SMILES string of the molecule is CCOC(=O)c1c(NC(=O)CSc2nnc(Cc3ccc(OC)c(OC)c3)n2CC)sc(C)c1C. The minimum atomic E-state index is -0.428. The molecule has 0 aliphatic rings. The molecule has 0 fully saturated rings. The van der Waals surface area contributed by atoms with E-state index in [0.717, 1.165) is 21.8 Å². The zero-order valence-electron chi connectivity index (χ0n) is 20.8. The van der Waals surface area contributed by atoms with Crippen molar-refractivity contribution in [2.24, 2.45) is 0 Å². The number of rotatable bonds is 11. The second-order valence-electron chi connectivity index (χ2n) is 7.55. The van der Waals surface area contributed by atoms with E-state index in [9.17, 15) is 9.59 Å². The van der Waals surface area contributed by atoms with E-state index in [1.165, 1.54) is 23.1 Å². The van der Waals surface area contributed by atoms with Crippen molar-refractivity contribution in [1.82, 2.24) is 14.8 Å². The number of hydrogen-bond donors (Lipinski definition) is 1. The van der Waals surface area contributed by atoms with Gasteiger partial charge in [-0.1, -0.05) is 17.8 Å². The van der Waals surface area contributed by atoms with Crippen molar-refractivity contribution >= 4 is 40.0 Å². The first-order valence-electron chi connectivity index (χ1n) is 11.2. The Morgan fingerprint density at radius 2 is 1.86 bits per heavy atom. The van der Waals surface area contributed by atoms with Crippen LogP contribution in [-0.2, 0) is 22.5 Å². The molecule has 3 rings (SSSR count). The summed E-state index contributed by atoms with van der Waals surface area (Å²) in [5.41, 5.74) is 2.25. The summed E-state index contributed by atoms with van der Waals surface area (Å²) >= 11 is 2.67. The molecule has 1 amide bonds. The minimum Gasteiger partial charge on any atom is -0.493 e. The van der Waals surface area contributed by atoms with E-state index in [2.05, 4.69) is 15.5 Å². The number of aromatic nitrogens is 3. The number of anilines is 1. The quantitative estimate of drug-likeness (QED) is 0.292. The number of benzene rings is 1. The first kappa shape index (κ1) is 26.6. The number of aryl methyl sites for hydroxylation is 1. The fourth-order valence-electron chi connectivity index (χ4n) is 3.50. The molecular formula is C24H30N4O5S2. The van der Waals surface area contributed by atoms with Gasteiger partial charge in [0.2, 0.25) is 5.91 Å². The Balaban J connectivity index is 1.69. The second-order valence-corrected chi connectivity index (χ2v) is 9.72. The Morgan fingerprint density at radius 1 is 1.11 bits per heavy atom. The molecule has 1 aromatic carbocycles. The summed E-state index contributed by atoms with van der Waals surface area (Å²) in [4.78, 5) is 26.0. The molecule has 9 nitrogen and oxygen atoms in total. The molecule has 3 aromatic rings. The van der Waals surface area contributed by atoms with Crippen molar-refractivity contribution in [3.05, 3.63) is 45.6 Å². The highest BCUT2D eigenvalue weighted by molar-refractivity contribution is 7.99. The summed E-state index contributed by atoms with van der Waals surface area (Å²) in [5, 5.41) is 12.7. The average Bonchev–Trinajstić information content (AvgIpc) is 3.36. The number of methoxy groups -OCH3 is 2. The lowest BCUT2D eigenvalue weighted by atomic mass is 10.1. The van der Waals surface area contributed by atoms with Crippen molar-refractivity contribution in [2.45, 2.75) is 45.8 Å². The summed E-state index contributed by atoms with van der Waals surface area (Å²) < 4.78 is 17.8. The maximum Gasteiger partial charge on any atom is 0.341 e. The number of thioether (sulfide) groups is 1. The van der Waals surface area contributed by atoms with E-state index in [-0.39, 0.29) is 18.3 Å². The zero-order valence-corrected chi connectivity index (χ0v) is 22.4. The Morgan fingerprint density at radius 3 is 2.51 bits per heavy atom. The zero-order chi connectivity index (χ0) is 25.5. The third-order valence-electron chi connectivity index (χ3n) is 5.37. The lowest BCUT2D eigenvalue weighted by molar-refractivity contribution is -0.113. The minimum absolute atomic E-state index is 0.132. The van der Waals surface area contributed by atoms with Crippen LogP contribution in [0.4, 0.5) is 5.00 Å². The van der Waals surface area contributed by atoms with Crippen LogP contribution in [-0.4, -0.2) is 53.2 Å². The normalized spacial score (nSPS) is 10.8. The third-order valence-corrected chi connectivity index (χ3v) is 7.46. The van der Waals surface area contributed by atoms with E-state index >= 15 is 0 Å². The van der Waals surface area contributed by atoms with Gasteiger partial charge < -0.3 is 24.1 Å². The van der Waals surface area contributed by atoms with E-state index in [1.54, 1.807) is 21.1 Å². The number of hydrogen-bond acceptors (Lipinski definition) is 9. The van der Waals surface area contributed by atoms with E-state index in [4.69, 9.17) is 14.2 Å². The summed E-state index contributed by atoms with van der Waals surface area (Å²) in [6, 6.07) is 5.74. The van der Waals surface area contributed by atoms with Crippen LogP contribution in [0.25, 0.3) is 0 Å². The van der Waals surface area contributed by atoms with E-state index < -0.39 is 5.97 Å². The van der Waals surface area contributed by atoms with Crippen LogP contribution in [0.3, 0.4) is 0 Å². The molecule has 0 saturated carbocycles. The van der Waals surface area contributed by atoms with Crippen molar-refractivity contribution in [1.29, 1.82) is 0 Å². The molecule has 0 radical (unpaired) electrons. The van der Waals surface area contributed by atoms with Gasteiger partial charge in [-0.3, -0.25) is 4.79 Å². The van der Waals surface area contributed by atoms with Crippen molar-refractivity contribution in [2.75, 3.05) is 31.9 Å². The largest absolute Gasteiger partial charge is 0.493 e. The van der Waals surface area contributed by atoms with Gasteiger partial charge >= 0.3 is 5.97 Å². The maximum atomic E-state index is 12.7. The van der Waals surface area contributed by atoms with Gasteiger partial charge in [-0.05, 0) is 51.0 Å². The molecule has 1 N–H and O–H groups in total. The van der Waals surface area contributed by atoms with E-state index in [1.807, 2.05) is 43.5 Å². The van der Waals surface area contributed by atoms with Gasteiger partial charge in [0, 0.05) is 17.8 Å². The molecule has 0 bridgehead atoms. The van der Waals surface area contributed by atoms with Crippen LogP contribution in [0, 0.1) is 13.8 Å². The average molecular weight is 519 g/mol. The highest BCUT2D eigenvalue weighted by Crippen LogP contribution is 2.33. The van der Waals surface area contributed by atoms with Gasteiger partial charge in [-0.15, -0.1) is 21.5 Å². The van der Waals surface area contributed by atoms with Crippen LogP contribution < -0.4 is 14.8 Å². The molecule has 0 unspecified atom stereocenters. The van der Waals surface area contributed by atoms with Gasteiger partial charge in [0.15, 0.2) is 16.7 Å². The van der Waals surface area contributed by atoms with Gasteiger partial charge in [-0.25, -0.2) is 4.79 Å². The Kier molecular flexibility index (Phi) is 9.16. The van der Waals surface area contributed by atoms with Crippen molar-refractivity contribution in [3.63, 3.8) is 0 Å². The van der Waals surface area contributed by atoms with Crippen LogP contribution in [0.15, 0.2) is 23.4 Å². The summed E-state index contributed by atoms with van der Waals surface area (Å²) in [6.07, 6.45) is 0.560. The standard InChI is InChI=1S/C24H30N4O5S2/c1-7-28-19(12-16-9-10-17(31-5)18(11-16)32-6)26-27-24(28)34-13-20(29)25-22-21(23(30)33-8-2)14(3)15(4)35-22/h9-11H,7-8,12-13H2,1-6H3,(H,25,29). The van der Waals surface area contributed by atoms with E-state index in [0.29, 0.717) is 40.2 Å². The molecule has 0 aliphatic heterocycles. The molecule has 2 heterocycles. The van der Waals surface area contributed by atoms with Crippen LogP contribution in [0.2, 0.25) is 0 Å². The number of nitrogens with one attached hydrogen (secondary N) is 1. The number of carbonyl (C=O) groups is 2. The predicted molar refractivity (Wildman–Crippen MR) is 137 cm³/mol. The lowest BCUT2D eigenvalue weighted by Crippen LogP contribution is -2.17. The number of ether oxygens (including phenoxy) is 3. The number of carbonyl (C=O) groups excluding carboxylic acids is 2. The van der Waals surface area contributed by atoms with Crippen LogP contribution in [0.1, 0.15) is 46.0 Å². The first-order chi connectivity index (χ1) is 16.8. The highest BCUT2D eigenvalue weighted by atomic mass is 32.2. The summed E-state index contributed by atoms with van der Waals surface area (Å²) in [6.45, 7) is 8.46. The Labute approximate surface area is 213 Å². The third kappa shape index (κ3) is 6.15. The predicted octanol–water partition coefficient (Wildman–Crippen LogP) is 4.49. The second kappa shape index (κ2) is 12.1. The topological polar surface area (TPSA) is 105 Å². The lowest BCUT2D eigenvalue weighted by Gasteiger charge is -2.11.